The van der Waals surface area contributed by atoms with Crippen molar-refractivity contribution >= 4 is 11.8 Å². The molecule has 2 aliphatic heterocycles. The van der Waals surface area contributed by atoms with Crippen molar-refractivity contribution in [2.45, 2.75) is 69.7 Å². The summed E-state index contributed by atoms with van der Waals surface area (Å²) in [5, 5.41) is 8.18. The Balaban J connectivity index is 1.01. The molecule has 1 unspecified atom stereocenters. The van der Waals surface area contributed by atoms with Crippen molar-refractivity contribution < 1.29 is 45.2 Å². The maximum Gasteiger partial charge on any atom is 0.439 e. The minimum absolute atomic E-state index is 0.00252. The molecule has 0 radical (unpaired) electrons. The topological polar surface area (TPSA) is 127 Å². The molecule has 1 spiro atoms. The van der Waals surface area contributed by atoms with Crippen molar-refractivity contribution in [3.63, 3.8) is 0 Å². The summed E-state index contributed by atoms with van der Waals surface area (Å²) in [4.78, 5) is 44.4. The van der Waals surface area contributed by atoms with E-state index >= 15 is 0 Å². The van der Waals surface area contributed by atoms with Crippen LogP contribution in [0.3, 0.4) is 0 Å². The van der Waals surface area contributed by atoms with Gasteiger partial charge in [-0.2, -0.15) is 18.3 Å². The minimum Gasteiger partial charge on any atom is -0.376 e. The summed E-state index contributed by atoms with van der Waals surface area (Å²) in [5.74, 6) is -5.64. The van der Waals surface area contributed by atoms with Gasteiger partial charge in [0.15, 0.2) is 5.82 Å². The van der Waals surface area contributed by atoms with Crippen LogP contribution in [-0.2, 0) is 22.7 Å². The van der Waals surface area contributed by atoms with Crippen LogP contribution in [0, 0.1) is 22.6 Å². The number of alkyl halides is 5. The van der Waals surface area contributed by atoms with Crippen molar-refractivity contribution in [1.29, 1.82) is 0 Å². The Labute approximate surface area is 310 Å². The molecule has 2 saturated carbocycles. The van der Waals surface area contributed by atoms with Crippen LogP contribution in [0.15, 0.2) is 64.2 Å². The van der Waals surface area contributed by atoms with E-state index in [0.29, 0.717) is 23.2 Å². The third-order valence-electron chi connectivity index (χ3n) is 11.8. The number of hydrogen-bond acceptors (Lipinski definition) is 7. The first-order chi connectivity index (χ1) is 26.2. The van der Waals surface area contributed by atoms with Gasteiger partial charge in [0.1, 0.15) is 11.2 Å². The van der Waals surface area contributed by atoms with Gasteiger partial charge in [-0.25, -0.2) is 18.0 Å². The van der Waals surface area contributed by atoms with Crippen molar-refractivity contribution in [2.75, 3.05) is 32.8 Å². The van der Waals surface area contributed by atoms with E-state index in [4.69, 9.17) is 9.26 Å². The lowest BCUT2D eigenvalue weighted by Gasteiger charge is -2.51. The Morgan fingerprint density at radius 2 is 1.69 bits per heavy atom. The standard InChI is InChI=1S/C38H38F6N6O5/c39-28-6-4-23(5-7-28)15-50-16-26(14-45-50)32(51)48-17-27(35(20-48)21-49(22-35)33(52)36(12-13-36)38(42,43)44)19-54-18-25-2-1-3-29(24-8-10-37(40,41)11-9-24)30(25)31-46-34(53)55-47-31/h1-7,14,16,24,27H,8-13,15,17-22H2,(H,46,47,53). The molecule has 292 valence electrons. The Bertz CT molecular complexity index is 2130. The number of rotatable bonds is 10. The Kier molecular flexibility index (Phi) is 9.20. The summed E-state index contributed by atoms with van der Waals surface area (Å²) >= 11 is 0. The number of benzene rings is 2. The van der Waals surface area contributed by atoms with Crippen molar-refractivity contribution in [2.24, 2.45) is 16.7 Å². The second kappa shape index (κ2) is 13.7. The molecule has 4 aliphatic rings. The molecule has 55 heavy (non-hydrogen) atoms. The van der Waals surface area contributed by atoms with Gasteiger partial charge in [-0.1, -0.05) is 35.5 Å². The molecule has 2 aromatic carbocycles. The average molecular weight is 773 g/mol. The fourth-order valence-electron chi connectivity index (χ4n) is 8.57. The maximum atomic E-state index is 14.1. The highest BCUT2D eigenvalue weighted by atomic mass is 19.4. The Hall–Kier alpha value is -4.93. The summed E-state index contributed by atoms with van der Waals surface area (Å²) in [6, 6.07) is 11.2. The monoisotopic (exact) mass is 772 g/mol. The molecule has 17 heteroatoms. The molecular weight excluding hydrogens is 734 g/mol. The Morgan fingerprint density at radius 3 is 2.35 bits per heavy atom. The van der Waals surface area contributed by atoms with E-state index in [-0.39, 0.29) is 107 Å². The highest BCUT2D eigenvalue weighted by Gasteiger charge is 2.71. The Morgan fingerprint density at radius 1 is 0.982 bits per heavy atom. The van der Waals surface area contributed by atoms with Crippen molar-refractivity contribution in [3.8, 4) is 11.4 Å². The minimum atomic E-state index is -4.65. The average Bonchev–Trinajstić information content (AvgIpc) is 3.43. The van der Waals surface area contributed by atoms with Gasteiger partial charge in [0, 0.05) is 62.1 Å². The first-order valence-corrected chi connectivity index (χ1v) is 18.2. The van der Waals surface area contributed by atoms with Gasteiger partial charge in [0.2, 0.25) is 11.8 Å². The number of ether oxygens (including phenoxy) is 1. The fourth-order valence-corrected chi connectivity index (χ4v) is 8.57. The molecule has 1 atom stereocenters. The number of amides is 2. The molecule has 1 N–H and O–H groups in total. The second-order valence-electron chi connectivity index (χ2n) is 15.5. The van der Waals surface area contributed by atoms with Crippen LogP contribution in [0.25, 0.3) is 11.4 Å². The summed E-state index contributed by atoms with van der Waals surface area (Å²) in [7, 11) is 0. The number of H-pyrrole nitrogens is 1. The van der Waals surface area contributed by atoms with Crippen LogP contribution >= 0.6 is 0 Å². The normalized spacial score (nSPS) is 21.5. The largest absolute Gasteiger partial charge is 0.439 e. The predicted molar refractivity (Wildman–Crippen MR) is 182 cm³/mol. The van der Waals surface area contributed by atoms with Gasteiger partial charge in [-0.05, 0) is 60.4 Å². The van der Waals surface area contributed by atoms with E-state index in [1.54, 1.807) is 40.0 Å². The van der Waals surface area contributed by atoms with E-state index in [9.17, 15) is 40.7 Å². The lowest BCUT2D eigenvalue weighted by molar-refractivity contribution is -0.205. The lowest BCUT2D eigenvalue weighted by atomic mass is 9.71. The molecule has 2 aliphatic carbocycles. The third kappa shape index (κ3) is 7.06. The second-order valence-corrected chi connectivity index (χ2v) is 15.5. The SMILES string of the molecule is O=C(c1cnn(Cc2ccc(F)cc2)c1)N1CC(COCc2cccc(C3CCC(F)(F)CC3)c2-c2noc(=O)[nH]2)C2(C1)CN(C(=O)C1(C(F)(F)F)CC1)C2. The molecule has 4 aromatic rings. The zero-order chi connectivity index (χ0) is 38.8. The molecule has 11 nitrogen and oxygen atoms in total. The molecular formula is C38H38F6N6O5. The molecule has 4 heterocycles. The van der Waals surface area contributed by atoms with Gasteiger partial charge in [-0.15, -0.1) is 0 Å². The highest BCUT2D eigenvalue weighted by molar-refractivity contribution is 5.94. The highest BCUT2D eigenvalue weighted by Crippen LogP contribution is 2.60. The number of carbonyl (C=O) groups is 2. The first-order valence-electron chi connectivity index (χ1n) is 18.2. The number of aromatic nitrogens is 4. The molecule has 2 aromatic heterocycles. The maximum absolute atomic E-state index is 14.1. The summed E-state index contributed by atoms with van der Waals surface area (Å²) in [5.41, 5.74) is -0.166. The van der Waals surface area contributed by atoms with E-state index in [0.717, 1.165) is 11.1 Å². The summed E-state index contributed by atoms with van der Waals surface area (Å²) in [6.07, 6.45) is -2.23. The van der Waals surface area contributed by atoms with E-state index in [1.165, 1.54) is 23.2 Å². The number of aromatic amines is 1. The molecule has 2 amide bonds. The van der Waals surface area contributed by atoms with Gasteiger partial charge < -0.3 is 14.5 Å². The number of nitrogens with one attached hydrogen (secondary N) is 1. The summed E-state index contributed by atoms with van der Waals surface area (Å²) in [6.45, 7) is 0.807. The van der Waals surface area contributed by atoms with Crippen LogP contribution < -0.4 is 5.76 Å². The van der Waals surface area contributed by atoms with Gasteiger partial charge in [0.05, 0.1) is 31.5 Å². The van der Waals surface area contributed by atoms with Crippen molar-refractivity contribution in [1.82, 2.24) is 29.7 Å². The fraction of sp³-hybridized carbons (Fsp3) is 0.500. The van der Waals surface area contributed by atoms with Crippen LogP contribution in [0.1, 0.15) is 71.5 Å². The third-order valence-corrected chi connectivity index (χ3v) is 11.8. The zero-order valence-electron chi connectivity index (χ0n) is 29.6. The molecule has 0 bridgehead atoms. The van der Waals surface area contributed by atoms with Gasteiger partial charge in [-0.3, -0.25) is 23.8 Å². The van der Waals surface area contributed by atoms with Gasteiger partial charge in [0.25, 0.3) is 5.91 Å². The quantitative estimate of drug-likeness (QED) is 0.191. The van der Waals surface area contributed by atoms with E-state index in [2.05, 4.69) is 15.2 Å². The molecule has 2 saturated heterocycles. The van der Waals surface area contributed by atoms with Crippen LogP contribution in [0.5, 0.6) is 0 Å². The van der Waals surface area contributed by atoms with E-state index < -0.39 is 34.6 Å². The number of hydrogen-bond donors (Lipinski definition) is 1. The van der Waals surface area contributed by atoms with Crippen molar-refractivity contribution in [3.05, 3.63) is 93.5 Å². The van der Waals surface area contributed by atoms with Crippen LogP contribution in [0.4, 0.5) is 26.3 Å². The zero-order valence-corrected chi connectivity index (χ0v) is 29.6. The molecule has 8 rings (SSSR count). The van der Waals surface area contributed by atoms with Crippen LogP contribution in [0.2, 0.25) is 0 Å². The smallest absolute Gasteiger partial charge is 0.376 e. The molecule has 4 fully saturated rings. The first kappa shape index (κ1) is 37.0. The van der Waals surface area contributed by atoms with Crippen LogP contribution in [-0.4, -0.2) is 86.4 Å². The lowest BCUT2D eigenvalue weighted by Crippen LogP contribution is -2.65. The predicted octanol–water partition coefficient (Wildman–Crippen LogP) is 6.17. The summed E-state index contributed by atoms with van der Waals surface area (Å²) < 4.78 is 95.8. The number of likely N-dealkylation sites (tertiary alicyclic amines) is 2. The van der Waals surface area contributed by atoms with Gasteiger partial charge >= 0.3 is 11.9 Å². The number of halogens is 6. The number of nitrogens with zero attached hydrogens (tertiary/aromatic N) is 5. The van der Waals surface area contributed by atoms with E-state index in [1.807, 2.05) is 6.07 Å². The number of carbonyl (C=O) groups excluding carboxylic acids is 2.